The van der Waals surface area contributed by atoms with E-state index < -0.39 is 0 Å². The maximum atomic E-state index is 13.6. The van der Waals surface area contributed by atoms with Gasteiger partial charge in [-0.2, -0.15) is 0 Å². The molecule has 0 saturated heterocycles. The highest BCUT2D eigenvalue weighted by Gasteiger charge is 2.23. The number of ether oxygens (including phenoxy) is 1. The summed E-state index contributed by atoms with van der Waals surface area (Å²) in [6, 6.07) is 32.4. The van der Waals surface area contributed by atoms with Gasteiger partial charge in [0.15, 0.2) is 0 Å². The number of anilines is 1. The van der Waals surface area contributed by atoms with Gasteiger partial charge in [-0.05, 0) is 67.4 Å². The van der Waals surface area contributed by atoms with E-state index in [4.69, 9.17) is 4.74 Å². The highest BCUT2D eigenvalue weighted by atomic mass is 16.5. The van der Waals surface area contributed by atoms with E-state index in [-0.39, 0.29) is 12.1 Å². The topological polar surface area (TPSA) is 46.5 Å². The largest absolute Gasteiger partial charge is 0.497 e. The molecule has 0 aliphatic rings. The Kier molecular flexibility index (Phi) is 6.63. The quantitative estimate of drug-likeness (QED) is 0.262. The SMILES string of the molecule is CCn1c2ccccc2c2cc(CN(C(=O)Nc3ccc(OC)cc3)C(C)c3ccccc3)ccc21. The zero-order valence-corrected chi connectivity index (χ0v) is 20.9. The molecule has 1 heterocycles. The van der Waals surface area contributed by atoms with E-state index in [0.29, 0.717) is 6.54 Å². The zero-order valence-electron chi connectivity index (χ0n) is 20.9. The predicted molar refractivity (Wildman–Crippen MR) is 148 cm³/mol. The van der Waals surface area contributed by atoms with E-state index in [1.165, 1.54) is 21.8 Å². The number of nitrogens with one attached hydrogen (secondary N) is 1. The number of fused-ring (bicyclic) bond motifs is 3. The normalized spacial score (nSPS) is 12.0. The number of urea groups is 1. The predicted octanol–water partition coefficient (Wildman–Crippen LogP) is 7.62. The first-order chi connectivity index (χ1) is 17.6. The molecule has 1 unspecified atom stereocenters. The summed E-state index contributed by atoms with van der Waals surface area (Å²) in [5.41, 5.74) is 5.36. The number of amides is 2. The van der Waals surface area contributed by atoms with Crippen molar-refractivity contribution in [2.45, 2.75) is 33.0 Å². The van der Waals surface area contributed by atoms with Crippen molar-refractivity contribution >= 4 is 33.5 Å². The number of aromatic nitrogens is 1. The van der Waals surface area contributed by atoms with E-state index in [2.05, 4.69) is 78.3 Å². The molecule has 5 rings (SSSR count). The number of methoxy groups -OCH3 is 1. The van der Waals surface area contributed by atoms with Gasteiger partial charge in [0.2, 0.25) is 0 Å². The summed E-state index contributed by atoms with van der Waals surface area (Å²) in [4.78, 5) is 15.5. The molecule has 36 heavy (non-hydrogen) atoms. The number of benzene rings is 4. The zero-order chi connectivity index (χ0) is 25.1. The molecule has 1 atom stereocenters. The third-order valence-corrected chi connectivity index (χ3v) is 6.86. The lowest BCUT2D eigenvalue weighted by atomic mass is 10.0. The second kappa shape index (κ2) is 10.2. The van der Waals surface area contributed by atoms with Crippen molar-refractivity contribution in [3.05, 3.63) is 108 Å². The van der Waals surface area contributed by atoms with Gasteiger partial charge in [0.1, 0.15) is 5.75 Å². The van der Waals surface area contributed by atoms with Gasteiger partial charge in [0, 0.05) is 40.6 Å². The number of hydrogen-bond donors (Lipinski definition) is 1. The summed E-state index contributed by atoms with van der Waals surface area (Å²) in [6.07, 6.45) is 0. The summed E-state index contributed by atoms with van der Waals surface area (Å²) < 4.78 is 7.59. The molecule has 0 bridgehead atoms. The van der Waals surface area contributed by atoms with Gasteiger partial charge in [-0.15, -0.1) is 0 Å². The van der Waals surface area contributed by atoms with Crippen molar-refractivity contribution in [3.8, 4) is 5.75 Å². The highest BCUT2D eigenvalue weighted by molar-refractivity contribution is 6.08. The van der Waals surface area contributed by atoms with E-state index in [1.807, 2.05) is 47.4 Å². The van der Waals surface area contributed by atoms with Crippen molar-refractivity contribution < 1.29 is 9.53 Å². The van der Waals surface area contributed by atoms with Crippen LogP contribution in [0, 0.1) is 0 Å². The maximum Gasteiger partial charge on any atom is 0.322 e. The molecule has 0 fully saturated rings. The molecule has 1 aromatic heterocycles. The Morgan fingerprint density at radius 3 is 2.31 bits per heavy atom. The van der Waals surface area contributed by atoms with Gasteiger partial charge in [0.05, 0.1) is 13.2 Å². The molecule has 5 aromatic rings. The fourth-order valence-electron chi connectivity index (χ4n) is 4.90. The number of rotatable bonds is 7. The molecule has 0 aliphatic carbocycles. The molecule has 0 spiro atoms. The Morgan fingerprint density at radius 2 is 1.58 bits per heavy atom. The first-order valence-corrected chi connectivity index (χ1v) is 12.4. The molecule has 0 aliphatic heterocycles. The van der Waals surface area contributed by atoms with Crippen LogP contribution in [-0.2, 0) is 13.1 Å². The van der Waals surface area contributed by atoms with Gasteiger partial charge in [-0.1, -0.05) is 54.6 Å². The monoisotopic (exact) mass is 477 g/mol. The number of nitrogens with zero attached hydrogens (tertiary/aromatic N) is 2. The highest BCUT2D eigenvalue weighted by Crippen LogP contribution is 2.31. The van der Waals surface area contributed by atoms with Gasteiger partial charge >= 0.3 is 6.03 Å². The van der Waals surface area contributed by atoms with Crippen molar-refractivity contribution in [1.82, 2.24) is 9.47 Å². The average Bonchev–Trinajstić information content (AvgIpc) is 3.25. The van der Waals surface area contributed by atoms with Crippen LogP contribution in [0.4, 0.5) is 10.5 Å². The van der Waals surface area contributed by atoms with Crippen LogP contribution in [-0.4, -0.2) is 22.6 Å². The average molecular weight is 478 g/mol. The number of carbonyl (C=O) groups excluding carboxylic acids is 1. The standard InChI is InChI=1S/C31H31N3O2/c1-4-33-29-13-9-8-12-27(29)28-20-23(14-19-30(28)33)21-34(22(2)24-10-6-5-7-11-24)31(35)32-25-15-17-26(36-3)18-16-25/h5-20,22H,4,21H2,1-3H3,(H,32,35). The van der Waals surface area contributed by atoms with E-state index in [9.17, 15) is 4.79 Å². The molecular formula is C31H31N3O2. The lowest BCUT2D eigenvalue weighted by molar-refractivity contribution is 0.189. The summed E-state index contributed by atoms with van der Waals surface area (Å²) in [5.74, 6) is 0.752. The van der Waals surface area contributed by atoms with Crippen molar-refractivity contribution in [2.24, 2.45) is 0 Å². The Balaban J connectivity index is 1.50. The third-order valence-electron chi connectivity index (χ3n) is 6.86. The Hall–Kier alpha value is -4.25. The van der Waals surface area contributed by atoms with Gasteiger partial charge < -0.3 is 19.5 Å². The number of aryl methyl sites for hydroxylation is 1. The molecule has 0 saturated carbocycles. The van der Waals surface area contributed by atoms with Crippen LogP contribution >= 0.6 is 0 Å². The lowest BCUT2D eigenvalue weighted by Gasteiger charge is -2.30. The number of carbonyl (C=O) groups is 1. The molecule has 4 aromatic carbocycles. The molecule has 0 radical (unpaired) electrons. The molecule has 1 N–H and O–H groups in total. The van der Waals surface area contributed by atoms with Gasteiger partial charge in [0.25, 0.3) is 0 Å². The van der Waals surface area contributed by atoms with Crippen LogP contribution in [0.15, 0.2) is 97.1 Å². The van der Waals surface area contributed by atoms with Crippen molar-refractivity contribution in [2.75, 3.05) is 12.4 Å². The van der Waals surface area contributed by atoms with Crippen LogP contribution in [0.2, 0.25) is 0 Å². The molecule has 5 heteroatoms. The summed E-state index contributed by atoms with van der Waals surface area (Å²) in [6.45, 7) is 5.64. The second-order valence-corrected chi connectivity index (χ2v) is 8.99. The number of hydrogen-bond acceptors (Lipinski definition) is 2. The minimum Gasteiger partial charge on any atom is -0.497 e. The third kappa shape index (κ3) is 4.52. The van der Waals surface area contributed by atoms with E-state index in [1.54, 1.807) is 7.11 Å². The van der Waals surface area contributed by atoms with Crippen molar-refractivity contribution in [1.29, 1.82) is 0 Å². The first kappa shape index (κ1) is 23.5. The second-order valence-electron chi connectivity index (χ2n) is 8.99. The fourth-order valence-corrected chi connectivity index (χ4v) is 4.90. The summed E-state index contributed by atoms with van der Waals surface area (Å²) in [5, 5.41) is 5.52. The van der Waals surface area contributed by atoms with Crippen LogP contribution < -0.4 is 10.1 Å². The molecule has 5 nitrogen and oxygen atoms in total. The van der Waals surface area contributed by atoms with Crippen LogP contribution in [0.1, 0.15) is 31.0 Å². The molecule has 182 valence electrons. The van der Waals surface area contributed by atoms with Crippen LogP contribution in [0.5, 0.6) is 5.75 Å². The Labute approximate surface area is 211 Å². The van der Waals surface area contributed by atoms with Crippen molar-refractivity contribution in [3.63, 3.8) is 0 Å². The summed E-state index contributed by atoms with van der Waals surface area (Å²) >= 11 is 0. The van der Waals surface area contributed by atoms with Crippen LogP contribution in [0.25, 0.3) is 21.8 Å². The van der Waals surface area contributed by atoms with Gasteiger partial charge in [-0.25, -0.2) is 4.79 Å². The Morgan fingerprint density at radius 1 is 0.889 bits per heavy atom. The van der Waals surface area contributed by atoms with E-state index >= 15 is 0 Å². The lowest BCUT2D eigenvalue weighted by Crippen LogP contribution is -2.36. The Bertz CT molecular complexity index is 1490. The molecule has 2 amide bonds. The molecular weight excluding hydrogens is 446 g/mol. The first-order valence-electron chi connectivity index (χ1n) is 12.4. The maximum absolute atomic E-state index is 13.6. The minimum atomic E-state index is -0.146. The smallest absolute Gasteiger partial charge is 0.322 e. The van der Waals surface area contributed by atoms with Crippen LogP contribution in [0.3, 0.4) is 0 Å². The number of para-hydroxylation sites is 1. The minimum absolute atomic E-state index is 0.114. The summed E-state index contributed by atoms with van der Waals surface area (Å²) in [7, 11) is 1.63. The fraction of sp³-hybridized carbons (Fsp3) is 0.194. The van der Waals surface area contributed by atoms with E-state index in [0.717, 1.165) is 29.1 Å². The van der Waals surface area contributed by atoms with Gasteiger partial charge in [-0.3, -0.25) is 0 Å².